The van der Waals surface area contributed by atoms with Crippen molar-refractivity contribution >= 4 is 11.9 Å². The van der Waals surface area contributed by atoms with Gasteiger partial charge < -0.3 is 10.8 Å². The molecule has 2 N–H and O–H groups in total. The van der Waals surface area contributed by atoms with Crippen LogP contribution in [0.3, 0.4) is 0 Å². The second-order valence-corrected chi connectivity index (χ2v) is 10.3. The lowest BCUT2D eigenvalue weighted by atomic mass is 9.61. The fraction of sp³-hybridized carbons (Fsp3) is 0.519. The summed E-state index contributed by atoms with van der Waals surface area (Å²) in [6, 6.07) is 8.53. The van der Waals surface area contributed by atoms with Gasteiger partial charge in [-0.05, 0) is 73.9 Å². The summed E-state index contributed by atoms with van der Waals surface area (Å²) in [6.45, 7) is 6.10. The van der Waals surface area contributed by atoms with E-state index in [0.717, 1.165) is 41.5 Å². The molecule has 174 valence electrons. The summed E-state index contributed by atoms with van der Waals surface area (Å²) in [5.41, 5.74) is 10.4. The number of amides is 1. The smallest absolute Gasteiger partial charge is 0.262 e. The lowest BCUT2D eigenvalue weighted by molar-refractivity contribution is -0.428. The minimum absolute atomic E-state index is 0.0342. The molecule has 6 heteroatoms. The van der Waals surface area contributed by atoms with E-state index in [1.54, 1.807) is 4.90 Å². The molecule has 1 amide bonds. The van der Waals surface area contributed by atoms with Crippen molar-refractivity contribution in [2.75, 3.05) is 0 Å². The first-order valence-corrected chi connectivity index (χ1v) is 12.2. The van der Waals surface area contributed by atoms with Crippen LogP contribution in [0.15, 0.2) is 41.7 Å². The van der Waals surface area contributed by atoms with Crippen LogP contribution in [-0.4, -0.2) is 33.9 Å². The molecule has 1 aliphatic heterocycles. The minimum atomic E-state index is -1.04. The highest BCUT2D eigenvalue weighted by Gasteiger charge is 2.66. The van der Waals surface area contributed by atoms with Crippen molar-refractivity contribution in [2.45, 2.75) is 83.4 Å². The van der Waals surface area contributed by atoms with Gasteiger partial charge in [0.15, 0.2) is 11.5 Å². The molecule has 1 aromatic carbocycles. The zero-order valence-corrected chi connectivity index (χ0v) is 19.8. The molecule has 0 bridgehead atoms. The van der Waals surface area contributed by atoms with Gasteiger partial charge >= 0.3 is 0 Å². The predicted octanol–water partition coefficient (Wildman–Crippen LogP) is 3.31. The standard InChI is InChI=1S/C27H33N4O2/c1-4-5-18-12-21(16-29-15-18)19-6-7-20-14-26(10-8-22(32)9-11-26)27(23(20)13-19)24(33)31(17(2)3)25(28)30-27/h6-7,12-13,15-17,22H,4-5,8-11,14H2,1-3H3,(H2,28,30)/q-1. The molecule has 2 spiro atoms. The van der Waals surface area contributed by atoms with Gasteiger partial charge in [-0.2, -0.15) is 0 Å². The molecule has 6 nitrogen and oxygen atoms in total. The number of guanidine groups is 1. The number of carbonyl (C=O) groups is 1. The number of nitrogens with two attached hydrogens (primary N) is 1. The number of hydrogen-bond donors (Lipinski definition) is 1. The summed E-state index contributed by atoms with van der Waals surface area (Å²) < 4.78 is 0. The van der Waals surface area contributed by atoms with E-state index < -0.39 is 11.6 Å². The Balaban J connectivity index is 1.67. The number of benzene rings is 1. The molecule has 0 radical (unpaired) electrons. The zero-order valence-electron chi connectivity index (χ0n) is 19.8. The van der Waals surface area contributed by atoms with Crippen LogP contribution in [-0.2, 0) is 23.2 Å². The summed E-state index contributed by atoms with van der Waals surface area (Å²) in [5.74, 6) is 0.261. The molecule has 1 aromatic heterocycles. The number of hydrogen-bond acceptors (Lipinski definition) is 5. The van der Waals surface area contributed by atoms with Gasteiger partial charge in [-0.25, -0.2) is 4.99 Å². The Morgan fingerprint density at radius 2 is 1.94 bits per heavy atom. The Hall–Kier alpha value is -2.73. The number of aliphatic imine (C=N–C) groups is 1. The second-order valence-electron chi connectivity index (χ2n) is 10.3. The van der Waals surface area contributed by atoms with Gasteiger partial charge in [0.05, 0.1) is 0 Å². The van der Waals surface area contributed by atoms with Crippen LogP contribution in [0, 0.1) is 5.41 Å². The molecule has 5 rings (SSSR count). The molecule has 1 saturated carbocycles. The van der Waals surface area contributed by atoms with Crippen molar-refractivity contribution < 1.29 is 9.90 Å². The van der Waals surface area contributed by atoms with Crippen LogP contribution in [0.25, 0.3) is 11.1 Å². The maximum atomic E-state index is 14.1. The molecular formula is C27H33N4O2-. The van der Waals surface area contributed by atoms with E-state index in [2.05, 4.69) is 36.2 Å². The van der Waals surface area contributed by atoms with Gasteiger partial charge in [0, 0.05) is 29.4 Å². The minimum Gasteiger partial charge on any atom is -0.852 e. The molecule has 2 heterocycles. The van der Waals surface area contributed by atoms with E-state index in [0.29, 0.717) is 31.6 Å². The van der Waals surface area contributed by atoms with Crippen LogP contribution in [0.1, 0.15) is 69.6 Å². The largest absolute Gasteiger partial charge is 0.852 e. The molecule has 0 saturated heterocycles. The Labute approximate surface area is 195 Å². The van der Waals surface area contributed by atoms with Crippen LogP contribution >= 0.6 is 0 Å². The van der Waals surface area contributed by atoms with Crippen LogP contribution in [0.5, 0.6) is 0 Å². The third-order valence-electron chi connectivity index (χ3n) is 7.93. The van der Waals surface area contributed by atoms with Gasteiger partial charge in [-0.15, -0.1) is 6.10 Å². The highest BCUT2D eigenvalue weighted by atomic mass is 16.3. The van der Waals surface area contributed by atoms with Crippen molar-refractivity contribution in [3.63, 3.8) is 0 Å². The number of carbonyl (C=O) groups excluding carboxylic acids is 1. The summed E-state index contributed by atoms with van der Waals surface area (Å²) in [5, 5.41) is 12.2. The molecular weight excluding hydrogens is 412 g/mol. The Bertz CT molecular complexity index is 1120. The van der Waals surface area contributed by atoms with Gasteiger partial charge in [-0.3, -0.25) is 14.7 Å². The van der Waals surface area contributed by atoms with Crippen molar-refractivity contribution in [3.05, 3.63) is 53.3 Å². The second kappa shape index (κ2) is 7.94. The quantitative estimate of drug-likeness (QED) is 0.781. The van der Waals surface area contributed by atoms with E-state index >= 15 is 0 Å². The molecule has 3 aliphatic rings. The zero-order chi connectivity index (χ0) is 23.4. The third kappa shape index (κ3) is 3.22. The summed E-state index contributed by atoms with van der Waals surface area (Å²) in [4.78, 5) is 25.2. The predicted molar refractivity (Wildman–Crippen MR) is 127 cm³/mol. The van der Waals surface area contributed by atoms with Crippen LogP contribution < -0.4 is 10.8 Å². The van der Waals surface area contributed by atoms with Gasteiger partial charge in [0.25, 0.3) is 5.91 Å². The Morgan fingerprint density at radius 1 is 1.18 bits per heavy atom. The van der Waals surface area contributed by atoms with Crippen molar-refractivity contribution in [3.8, 4) is 11.1 Å². The number of fused-ring (bicyclic) bond motifs is 3. The number of nitrogens with zero attached hydrogens (tertiary/aromatic N) is 3. The van der Waals surface area contributed by atoms with E-state index in [1.165, 1.54) is 5.56 Å². The van der Waals surface area contributed by atoms with E-state index in [9.17, 15) is 9.90 Å². The molecule has 1 fully saturated rings. The number of aryl methyl sites for hydroxylation is 1. The van der Waals surface area contributed by atoms with E-state index in [-0.39, 0.29) is 17.4 Å². The van der Waals surface area contributed by atoms with E-state index in [1.807, 2.05) is 26.2 Å². The van der Waals surface area contributed by atoms with Gasteiger partial charge in [0.1, 0.15) is 0 Å². The fourth-order valence-electron chi connectivity index (χ4n) is 6.35. The topological polar surface area (TPSA) is 94.6 Å². The average molecular weight is 446 g/mol. The van der Waals surface area contributed by atoms with Crippen molar-refractivity contribution in [1.82, 2.24) is 9.88 Å². The number of aromatic nitrogens is 1. The lowest BCUT2D eigenvalue weighted by Crippen LogP contribution is -2.54. The first-order chi connectivity index (χ1) is 15.8. The van der Waals surface area contributed by atoms with Crippen LogP contribution in [0.4, 0.5) is 0 Å². The first-order valence-electron chi connectivity index (χ1n) is 12.2. The summed E-state index contributed by atoms with van der Waals surface area (Å²) in [7, 11) is 0. The third-order valence-corrected chi connectivity index (χ3v) is 7.93. The van der Waals surface area contributed by atoms with E-state index in [4.69, 9.17) is 10.7 Å². The molecule has 2 aliphatic carbocycles. The number of rotatable bonds is 4. The van der Waals surface area contributed by atoms with Gasteiger partial charge in [0.2, 0.25) is 0 Å². The number of pyridine rings is 1. The molecule has 1 unspecified atom stereocenters. The molecule has 33 heavy (non-hydrogen) atoms. The maximum absolute atomic E-state index is 14.1. The SMILES string of the molecule is CCCc1cncc(-c2ccc3c(c2)C2(N=C(N)N(C(C)C)C2=O)C2(CCC([O-])CC2)C3)c1. The van der Waals surface area contributed by atoms with Crippen molar-refractivity contribution in [2.24, 2.45) is 16.1 Å². The Kier molecular flexibility index (Phi) is 5.31. The summed E-state index contributed by atoms with van der Waals surface area (Å²) in [6.07, 6.45) is 8.62. The first kappa shape index (κ1) is 22.1. The Morgan fingerprint density at radius 3 is 2.61 bits per heavy atom. The molecule has 1 atom stereocenters. The molecule has 2 aromatic rings. The van der Waals surface area contributed by atoms with Gasteiger partial charge in [-0.1, -0.05) is 38.3 Å². The average Bonchev–Trinajstić information content (AvgIpc) is 3.22. The normalized spacial score (nSPS) is 28.8. The maximum Gasteiger partial charge on any atom is 0.262 e. The monoisotopic (exact) mass is 445 g/mol. The van der Waals surface area contributed by atoms with Crippen LogP contribution in [0.2, 0.25) is 0 Å². The highest BCUT2D eigenvalue weighted by molar-refractivity contribution is 6.08. The summed E-state index contributed by atoms with van der Waals surface area (Å²) >= 11 is 0. The lowest BCUT2D eigenvalue weighted by Gasteiger charge is -2.47. The fourth-order valence-corrected chi connectivity index (χ4v) is 6.35. The highest BCUT2D eigenvalue weighted by Crippen LogP contribution is 2.62. The van der Waals surface area contributed by atoms with Crippen molar-refractivity contribution in [1.29, 1.82) is 0 Å².